The van der Waals surface area contributed by atoms with Crippen LogP contribution in [0.1, 0.15) is 18.4 Å². The average Bonchev–Trinajstić information content (AvgIpc) is 3.02. The van der Waals surface area contributed by atoms with Crippen LogP contribution in [-0.4, -0.2) is 36.7 Å². The highest BCUT2D eigenvalue weighted by atomic mass is 19.1. The molecular formula is C19H19FN2O3. The highest BCUT2D eigenvalue weighted by molar-refractivity contribution is 5.78. The summed E-state index contributed by atoms with van der Waals surface area (Å²) in [5.74, 6) is -1.24. The van der Waals surface area contributed by atoms with Gasteiger partial charge in [-0.25, -0.2) is 9.37 Å². The maximum atomic E-state index is 14.5. The molecule has 0 N–H and O–H groups in total. The Morgan fingerprint density at radius 3 is 2.72 bits per heavy atom. The Morgan fingerprint density at radius 2 is 2.04 bits per heavy atom. The Labute approximate surface area is 145 Å². The zero-order valence-corrected chi connectivity index (χ0v) is 14.3. The van der Waals surface area contributed by atoms with Gasteiger partial charge in [0.15, 0.2) is 5.58 Å². The van der Waals surface area contributed by atoms with Crippen molar-refractivity contribution in [3.8, 4) is 11.5 Å². The second-order valence-electron chi connectivity index (χ2n) is 6.12. The largest absolute Gasteiger partial charge is 0.449 e. The number of fused-ring (bicyclic) bond motifs is 1. The standard InChI is InChI=1S/C19H19FN2O3/c1-12(19(23)24-11-22(2)3)13-8-9-14(15(20)10-13)18-21-16-6-4-5-7-17(16)25-18/h4-10,12H,11H2,1-3H3. The third-order valence-corrected chi connectivity index (χ3v) is 3.84. The van der Waals surface area contributed by atoms with E-state index < -0.39 is 17.7 Å². The van der Waals surface area contributed by atoms with Crippen LogP contribution in [0.3, 0.4) is 0 Å². The third kappa shape index (κ3) is 3.69. The maximum absolute atomic E-state index is 14.5. The number of ether oxygens (including phenoxy) is 1. The van der Waals surface area contributed by atoms with Gasteiger partial charge in [-0.2, -0.15) is 0 Å². The number of halogens is 1. The molecule has 2 aromatic carbocycles. The molecule has 1 unspecified atom stereocenters. The van der Waals surface area contributed by atoms with Crippen LogP contribution in [0.5, 0.6) is 0 Å². The number of rotatable bonds is 5. The van der Waals surface area contributed by atoms with Crippen molar-refractivity contribution in [3.05, 3.63) is 53.8 Å². The van der Waals surface area contributed by atoms with Crippen LogP contribution in [0, 0.1) is 5.82 Å². The van der Waals surface area contributed by atoms with Crippen molar-refractivity contribution in [2.24, 2.45) is 0 Å². The van der Waals surface area contributed by atoms with Gasteiger partial charge in [-0.1, -0.05) is 18.2 Å². The Hall–Kier alpha value is -2.73. The Kier molecular flexibility index (Phi) is 4.81. The summed E-state index contributed by atoms with van der Waals surface area (Å²) in [4.78, 5) is 18.1. The summed E-state index contributed by atoms with van der Waals surface area (Å²) in [5, 5.41) is 0. The van der Waals surface area contributed by atoms with E-state index in [9.17, 15) is 9.18 Å². The van der Waals surface area contributed by atoms with Crippen molar-refractivity contribution < 1.29 is 18.3 Å². The normalized spacial score (nSPS) is 12.5. The van der Waals surface area contributed by atoms with Crippen LogP contribution in [-0.2, 0) is 9.53 Å². The number of hydrogen-bond acceptors (Lipinski definition) is 5. The molecule has 6 heteroatoms. The maximum Gasteiger partial charge on any atom is 0.314 e. The SMILES string of the molecule is CC(C(=O)OCN(C)C)c1ccc(-c2nc3ccccc3o2)c(F)c1. The molecule has 0 amide bonds. The average molecular weight is 342 g/mol. The Morgan fingerprint density at radius 1 is 1.28 bits per heavy atom. The van der Waals surface area contributed by atoms with Gasteiger partial charge in [0.1, 0.15) is 18.1 Å². The molecule has 1 heterocycles. The first kappa shape index (κ1) is 17.1. The van der Waals surface area contributed by atoms with E-state index >= 15 is 0 Å². The van der Waals surface area contributed by atoms with E-state index in [4.69, 9.17) is 9.15 Å². The van der Waals surface area contributed by atoms with Gasteiger partial charge in [-0.05, 0) is 50.8 Å². The number of benzene rings is 2. The zero-order chi connectivity index (χ0) is 18.0. The molecular weight excluding hydrogens is 323 g/mol. The van der Waals surface area contributed by atoms with Crippen molar-refractivity contribution in [3.63, 3.8) is 0 Å². The molecule has 0 aliphatic carbocycles. The van der Waals surface area contributed by atoms with Crippen molar-refractivity contribution in [1.29, 1.82) is 0 Å². The van der Waals surface area contributed by atoms with Crippen LogP contribution >= 0.6 is 0 Å². The van der Waals surface area contributed by atoms with Gasteiger partial charge in [-0.3, -0.25) is 9.69 Å². The van der Waals surface area contributed by atoms with E-state index in [1.54, 1.807) is 50.2 Å². The predicted octanol–water partition coefficient (Wildman–Crippen LogP) is 3.80. The molecule has 0 saturated carbocycles. The molecule has 130 valence electrons. The third-order valence-electron chi connectivity index (χ3n) is 3.84. The minimum atomic E-state index is -0.563. The summed E-state index contributed by atoms with van der Waals surface area (Å²) in [5.41, 5.74) is 2.07. The first-order valence-electron chi connectivity index (χ1n) is 7.92. The summed E-state index contributed by atoms with van der Waals surface area (Å²) < 4.78 is 25.3. The van der Waals surface area contributed by atoms with Crippen LogP contribution < -0.4 is 0 Å². The molecule has 5 nitrogen and oxygen atoms in total. The quantitative estimate of drug-likeness (QED) is 0.521. The first-order chi connectivity index (χ1) is 12.0. The van der Waals surface area contributed by atoms with Crippen molar-refractivity contribution in [1.82, 2.24) is 9.88 Å². The van der Waals surface area contributed by atoms with E-state index in [1.807, 2.05) is 12.1 Å². The number of para-hydroxylation sites is 2. The molecule has 0 fully saturated rings. The fourth-order valence-corrected chi connectivity index (χ4v) is 2.42. The molecule has 0 aliphatic heterocycles. The zero-order valence-electron chi connectivity index (χ0n) is 14.3. The lowest BCUT2D eigenvalue weighted by molar-refractivity contribution is -0.148. The van der Waals surface area contributed by atoms with Gasteiger partial charge >= 0.3 is 5.97 Å². The Balaban J connectivity index is 1.84. The number of oxazole rings is 1. The molecule has 1 aromatic heterocycles. The second kappa shape index (κ2) is 7.03. The van der Waals surface area contributed by atoms with E-state index in [2.05, 4.69) is 4.98 Å². The Bertz CT molecular complexity index is 872. The molecule has 0 radical (unpaired) electrons. The van der Waals surface area contributed by atoms with Gasteiger partial charge in [-0.15, -0.1) is 0 Å². The molecule has 1 atom stereocenters. The summed E-state index contributed by atoms with van der Waals surface area (Å²) in [7, 11) is 3.60. The molecule has 3 rings (SSSR count). The van der Waals surface area contributed by atoms with Crippen molar-refractivity contribution in [2.75, 3.05) is 20.8 Å². The number of esters is 1. The second-order valence-corrected chi connectivity index (χ2v) is 6.12. The minimum Gasteiger partial charge on any atom is -0.449 e. The number of hydrogen-bond donors (Lipinski definition) is 0. The molecule has 0 spiro atoms. The van der Waals surface area contributed by atoms with Crippen molar-refractivity contribution >= 4 is 17.1 Å². The van der Waals surface area contributed by atoms with E-state index in [1.165, 1.54) is 6.07 Å². The van der Waals surface area contributed by atoms with Gasteiger partial charge in [0.05, 0.1) is 11.5 Å². The smallest absolute Gasteiger partial charge is 0.314 e. The van der Waals surface area contributed by atoms with Gasteiger partial charge < -0.3 is 9.15 Å². The molecule has 25 heavy (non-hydrogen) atoms. The lowest BCUT2D eigenvalue weighted by Gasteiger charge is -2.15. The van der Waals surface area contributed by atoms with Crippen molar-refractivity contribution in [2.45, 2.75) is 12.8 Å². The fraction of sp³-hybridized carbons (Fsp3) is 0.263. The van der Waals surface area contributed by atoms with Crippen LogP contribution in [0.15, 0.2) is 46.9 Å². The van der Waals surface area contributed by atoms with Crippen LogP contribution in [0.4, 0.5) is 4.39 Å². The lowest BCUT2D eigenvalue weighted by Crippen LogP contribution is -2.22. The van der Waals surface area contributed by atoms with E-state index in [0.29, 0.717) is 16.7 Å². The summed E-state index contributed by atoms with van der Waals surface area (Å²) in [6, 6.07) is 11.8. The number of aromatic nitrogens is 1. The van der Waals surface area contributed by atoms with Gasteiger partial charge in [0.25, 0.3) is 0 Å². The van der Waals surface area contributed by atoms with E-state index in [0.717, 1.165) is 0 Å². The van der Waals surface area contributed by atoms with Gasteiger partial charge in [0.2, 0.25) is 5.89 Å². The van der Waals surface area contributed by atoms with E-state index in [-0.39, 0.29) is 18.2 Å². The fourth-order valence-electron chi connectivity index (χ4n) is 2.42. The predicted molar refractivity (Wildman–Crippen MR) is 92.5 cm³/mol. The van der Waals surface area contributed by atoms with Crippen LogP contribution in [0.2, 0.25) is 0 Å². The highest BCUT2D eigenvalue weighted by Crippen LogP contribution is 2.28. The van der Waals surface area contributed by atoms with Gasteiger partial charge in [0, 0.05) is 0 Å². The number of carbonyl (C=O) groups is 1. The monoisotopic (exact) mass is 342 g/mol. The summed E-state index contributed by atoms with van der Waals surface area (Å²) in [6.45, 7) is 1.87. The molecule has 3 aromatic rings. The first-order valence-corrected chi connectivity index (χ1v) is 7.92. The topological polar surface area (TPSA) is 55.6 Å². The molecule has 0 aliphatic rings. The summed E-state index contributed by atoms with van der Waals surface area (Å²) in [6.07, 6.45) is 0. The lowest BCUT2D eigenvalue weighted by atomic mass is 9.99. The molecule has 0 saturated heterocycles. The number of nitrogens with zero attached hydrogens (tertiary/aromatic N) is 2. The summed E-state index contributed by atoms with van der Waals surface area (Å²) >= 11 is 0. The van der Waals surface area contributed by atoms with Crippen LogP contribution in [0.25, 0.3) is 22.6 Å². The molecule has 0 bridgehead atoms. The minimum absolute atomic E-state index is 0.187. The number of carbonyl (C=O) groups excluding carboxylic acids is 1. The highest BCUT2D eigenvalue weighted by Gasteiger charge is 2.20.